The Morgan fingerprint density at radius 3 is 2.23 bits per heavy atom. The summed E-state index contributed by atoms with van der Waals surface area (Å²) >= 11 is 0. The minimum absolute atomic E-state index is 0.123. The van der Waals surface area contributed by atoms with Crippen LogP contribution in [0, 0.1) is 16.0 Å². The van der Waals surface area contributed by atoms with E-state index >= 15 is 0 Å². The first kappa shape index (κ1) is 27.8. The molecule has 1 saturated heterocycles. The van der Waals surface area contributed by atoms with Crippen LogP contribution in [0.5, 0.6) is 5.75 Å². The van der Waals surface area contributed by atoms with Crippen molar-refractivity contribution in [1.82, 2.24) is 10.4 Å². The van der Waals surface area contributed by atoms with Crippen molar-refractivity contribution in [2.45, 2.75) is 12.3 Å². The number of carbonyl (C=O) groups is 4. The number of methoxy groups -OCH3 is 1. The van der Waals surface area contributed by atoms with Gasteiger partial charge in [0.15, 0.2) is 6.61 Å². The van der Waals surface area contributed by atoms with E-state index in [1.165, 1.54) is 25.3 Å². The first-order valence-electron chi connectivity index (χ1n) is 12.3. The average molecular weight is 547 g/mol. The van der Waals surface area contributed by atoms with Crippen molar-refractivity contribution in [3.63, 3.8) is 0 Å². The third kappa shape index (κ3) is 6.59. The Balaban J connectivity index is 1.35. The van der Waals surface area contributed by atoms with Crippen LogP contribution in [0.3, 0.4) is 0 Å². The number of hydrogen-bond donors (Lipinski definition) is 2. The lowest BCUT2D eigenvalue weighted by molar-refractivity contribution is -0.383. The maximum atomic E-state index is 13.3. The van der Waals surface area contributed by atoms with Gasteiger partial charge in [-0.15, -0.1) is 0 Å². The van der Waals surface area contributed by atoms with Gasteiger partial charge in [0.2, 0.25) is 5.91 Å². The van der Waals surface area contributed by atoms with E-state index in [1.807, 2.05) is 60.7 Å². The Morgan fingerprint density at radius 1 is 1.02 bits per heavy atom. The van der Waals surface area contributed by atoms with Gasteiger partial charge in [-0.1, -0.05) is 60.7 Å². The quantitative estimate of drug-likeness (QED) is 0.223. The van der Waals surface area contributed by atoms with Crippen molar-refractivity contribution < 1.29 is 33.6 Å². The molecule has 3 aromatic rings. The number of anilines is 1. The van der Waals surface area contributed by atoms with Crippen LogP contribution in [0.1, 0.15) is 23.5 Å². The highest BCUT2D eigenvalue weighted by molar-refractivity contribution is 5.96. The summed E-state index contributed by atoms with van der Waals surface area (Å²) in [4.78, 5) is 61.4. The van der Waals surface area contributed by atoms with Gasteiger partial charge in [0.25, 0.3) is 17.5 Å². The molecule has 0 bridgehead atoms. The number of hydrogen-bond acceptors (Lipinski definition) is 8. The van der Waals surface area contributed by atoms with Crippen LogP contribution in [0.4, 0.5) is 11.4 Å². The summed E-state index contributed by atoms with van der Waals surface area (Å²) < 4.78 is 10.1. The molecule has 0 unspecified atom stereocenters. The summed E-state index contributed by atoms with van der Waals surface area (Å²) in [6.45, 7) is -0.864. The number of rotatable bonds is 10. The van der Waals surface area contributed by atoms with Crippen LogP contribution >= 0.6 is 0 Å². The van der Waals surface area contributed by atoms with Crippen molar-refractivity contribution >= 4 is 35.1 Å². The van der Waals surface area contributed by atoms with E-state index in [2.05, 4.69) is 10.7 Å². The van der Waals surface area contributed by atoms with Gasteiger partial charge in [-0.2, -0.15) is 0 Å². The van der Waals surface area contributed by atoms with Crippen molar-refractivity contribution in [2.75, 3.05) is 25.6 Å². The SMILES string of the molecule is COc1ccc([N+](=O)[O-])c(NC(=O)COC(=O)[C@H]2CC(=O)N(NC(=O)C(c3ccccc3)c3ccccc3)C2)c1. The highest BCUT2D eigenvalue weighted by atomic mass is 16.6. The van der Waals surface area contributed by atoms with Crippen molar-refractivity contribution in [1.29, 1.82) is 0 Å². The molecule has 1 aliphatic rings. The number of esters is 1. The number of nitro benzene ring substituents is 1. The van der Waals surface area contributed by atoms with Gasteiger partial charge < -0.3 is 14.8 Å². The standard InChI is InChI=1S/C28H26N4O8/c1-39-21-12-13-23(32(37)38)22(15-21)29-24(33)17-40-28(36)20-14-25(34)31(16-20)30-27(35)26(18-8-4-2-5-9-18)19-10-6-3-7-11-19/h2-13,15,20,26H,14,16-17H2,1H3,(H,29,33)(H,30,35)/t20-/m0/s1. The smallest absolute Gasteiger partial charge is 0.311 e. The predicted molar refractivity (Wildman–Crippen MR) is 142 cm³/mol. The highest BCUT2D eigenvalue weighted by Gasteiger charge is 2.38. The molecule has 1 atom stereocenters. The van der Waals surface area contributed by atoms with Crippen LogP contribution in [0.15, 0.2) is 78.9 Å². The van der Waals surface area contributed by atoms with E-state index in [4.69, 9.17) is 9.47 Å². The number of nitrogens with zero attached hydrogens (tertiary/aromatic N) is 2. The van der Waals surface area contributed by atoms with Crippen molar-refractivity contribution in [2.24, 2.45) is 5.92 Å². The molecule has 1 aliphatic heterocycles. The molecular weight excluding hydrogens is 520 g/mol. The molecule has 4 rings (SSSR count). The minimum atomic E-state index is -0.918. The number of hydrazine groups is 1. The summed E-state index contributed by atoms with van der Waals surface area (Å²) in [5.74, 6) is -3.88. The number of amides is 3. The zero-order chi connectivity index (χ0) is 28.6. The fourth-order valence-electron chi connectivity index (χ4n) is 4.30. The van der Waals surface area contributed by atoms with Gasteiger partial charge in [0.05, 0.1) is 30.4 Å². The fourth-order valence-corrected chi connectivity index (χ4v) is 4.30. The number of ether oxygens (including phenoxy) is 2. The monoisotopic (exact) mass is 546 g/mol. The minimum Gasteiger partial charge on any atom is -0.497 e. The normalized spacial score (nSPS) is 14.5. The molecule has 3 aromatic carbocycles. The van der Waals surface area contributed by atoms with E-state index in [9.17, 15) is 29.3 Å². The lowest BCUT2D eigenvalue weighted by atomic mass is 9.91. The predicted octanol–water partition coefficient (Wildman–Crippen LogP) is 2.80. The fraction of sp³-hybridized carbons (Fsp3) is 0.214. The van der Waals surface area contributed by atoms with Gasteiger partial charge in [0, 0.05) is 18.6 Å². The molecule has 1 fully saturated rings. The zero-order valence-corrected chi connectivity index (χ0v) is 21.4. The topological polar surface area (TPSA) is 157 Å². The van der Waals surface area contributed by atoms with Crippen LogP contribution in [-0.2, 0) is 23.9 Å². The number of carbonyl (C=O) groups excluding carboxylic acids is 4. The third-order valence-corrected chi connectivity index (χ3v) is 6.25. The van der Waals surface area contributed by atoms with Gasteiger partial charge in [-0.25, -0.2) is 0 Å². The molecule has 206 valence electrons. The maximum absolute atomic E-state index is 13.3. The highest BCUT2D eigenvalue weighted by Crippen LogP contribution is 2.29. The summed E-state index contributed by atoms with van der Waals surface area (Å²) in [7, 11) is 1.37. The molecule has 1 heterocycles. The molecule has 12 nitrogen and oxygen atoms in total. The first-order valence-corrected chi connectivity index (χ1v) is 12.3. The summed E-state index contributed by atoms with van der Waals surface area (Å²) in [5.41, 5.74) is 3.60. The Labute approximate surface area is 229 Å². The van der Waals surface area contributed by atoms with Crippen molar-refractivity contribution in [3.8, 4) is 5.75 Å². The molecule has 40 heavy (non-hydrogen) atoms. The van der Waals surface area contributed by atoms with Crippen LogP contribution < -0.4 is 15.5 Å². The molecular formula is C28H26N4O8. The first-order chi connectivity index (χ1) is 19.3. The molecule has 0 saturated carbocycles. The Bertz CT molecular complexity index is 1370. The Hall–Kier alpha value is -5.26. The van der Waals surface area contributed by atoms with Crippen LogP contribution in [0.25, 0.3) is 0 Å². The van der Waals surface area contributed by atoms with E-state index in [-0.39, 0.29) is 30.1 Å². The number of benzene rings is 3. The molecule has 0 aromatic heterocycles. The van der Waals surface area contributed by atoms with Gasteiger partial charge in [-0.05, 0) is 17.2 Å². The Morgan fingerprint density at radius 2 is 1.65 bits per heavy atom. The molecule has 0 spiro atoms. The van der Waals surface area contributed by atoms with E-state index in [0.717, 1.165) is 16.1 Å². The summed E-state index contributed by atoms with van der Waals surface area (Å²) in [6.07, 6.45) is -0.219. The molecule has 0 radical (unpaired) electrons. The second kappa shape index (κ2) is 12.5. The summed E-state index contributed by atoms with van der Waals surface area (Å²) in [5, 5.41) is 14.6. The third-order valence-electron chi connectivity index (χ3n) is 6.25. The lowest BCUT2D eigenvalue weighted by Gasteiger charge is -2.23. The van der Waals surface area contributed by atoms with E-state index < -0.39 is 47.1 Å². The second-order valence-electron chi connectivity index (χ2n) is 8.93. The lowest BCUT2D eigenvalue weighted by Crippen LogP contribution is -2.45. The molecule has 0 aliphatic carbocycles. The van der Waals surface area contributed by atoms with Crippen LogP contribution in [-0.4, -0.2) is 53.9 Å². The maximum Gasteiger partial charge on any atom is 0.311 e. The number of nitrogens with one attached hydrogen (secondary N) is 2. The van der Waals surface area contributed by atoms with E-state index in [0.29, 0.717) is 0 Å². The van der Waals surface area contributed by atoms with Crippen molar-refractivity contribution in [3.05, 3.63) is 100 Å². The van der Waals surface area contributed by atoms with Gasteiger partial charge in [0.1, 0.15) is 11.4 Å². The molecule has 2 N–H and O–H groups in total. The molecule has 3 amide bonds. The largest absolute Gasteiger partial charge is 0.497 e. The second-order valence-corrected chi connectivity index (χ2v) is 8.93. The Kier molecular flexibility index (Phi) is 8.69. The molecule has 12 heteroatoms. The average Bonchev–Trinajstić information content (AvgIpc) is 3.32. The van der Waals surface area contributed by atoms with Gasteiger partial charge >= 0.3 is 5.97 Å². The summed E-state index contributed by atoms with van der Waals surface area (Å²) in [6, 6.07) is 22.0. The number of nitro groups is 1. The van der Waals surface area contributed by atoms with Crippen LogP contribution in [0.2, 0.25) is 0 Å². The van der Waals surface area contributed by atoms with E-state index in [1.54, 1.807) is 0 Å². The zero-order valence-electron chi connectivity index (χ0n) is 21.4. The van der Waals surface area contributed by atoms with Gasteiger partial charge in [-0.3, -0.25) is 39.7 Å².